The summed E-state index contributed by atoms with van der Waals surface area (Å²) in [4.78, 5) is 11.0. The maximum Gasteiger partial charge on any atom is 0.245 e. The summed E-state index contributed by atoms with van der Waals surface area (Å²) < 4.78 is 32.0. The van der Waals surface area contributed by atoms with E-state index < -0.39 is 10.0 Å². The minimum absolute atomic E-state index is 0.0339. The van der Waals surface area contributed by atoms with Crippen LogP contribution in [0.15, 0.2) is 53.4 Å². The monoisotopic (exact) mass is 358 g/mol. The summed E-state index contributed by atoms with van der Waals surface area (Å²) in [5, 5.41) is 2.66. The molecule has 2 N–H and O–H groups in total. The smallest absolute Gasteiger partial charge is 0.245 e. The first-order chi connectivity index (χ1) is 11.9. The number of hydrogen-bond acceptors (Lipinski definition) is 4. The molecule has 0 saturated heterocycles. The van der Waals surface area contributed by atoms with Gasteiger partial charge < -0.3 is 10.1 Å². The lowest BCUT2D eigenvalue weighted by Gasteiger charge is -2.08. The van der Waals surface area contributed by atoms with Gasteiger partial charge in [-0.2, -0.15) is 4.72 Å². The molecule has 0 radical (unpaired) electrons. The van der Waals surface area contributed by atoms with E-state index in [1.807, 2.05) is 0 Å². The van der Waals surface area contributed by atoms with Crippen molar-refractivity contribution in [1.29, 1.82) is 0 Å². The normalized spacial score (nSPS) is 10.5. The van der Waals surface area contributed by atoms with Crippen LogP contribution in [0.1, 0.15) is 12.5 Å². The molecule has 0 aliphatic heterocycles. The molecule has 0 spiro atoms. The van der Waals surface area contributed by atoms with Crippen LogP contribution in [0.2, 0.25) is 0 Å². The molecule has 2 rings (SSSR count). The van der Waals surface area contributed by atoms with Crippen LogP contribution in [0.25, 0.3) is 0 Å². The molecule has 2 aromatic carbocycles. The molecule has 0 aliphatic rings. The van der Waals surface area contributed by atoms with Crippen molar-refractivity contribution in [2.45, 2.75) is 11.8 Å². The molecule has 0 aliphatic carbocycles. The minimum atomic E-state index is -3.70. The lowest BCUT2D eigenvalue weighted by Crippen LogP contribution is -2.24. The van der Waals surface area contributed by atoms with E-state index in [4.69, 9.17) is 4.74 Å². The van der Waals surface area contributed by atoms with Gasteiger partial charge in [0.15, 0.2) is 0 Å². The number of methoxy groups -OCH3 is 1. The third kappa shape index (κ3) is 5.35. The summed E-state index contributed by atoms with van der Waals surface area (Å²) in [6.45, 7) is 1.40. The van der Waals surface area contributed by atoms with E-state index in [-0.39, 0.29) is 23.1 Å². The van der Waals surface area contributed by atoms with Crippen molar-refractivity contribution in [3.05, 3.63) is 54.1 Å². The van der Waals surface area contributed by atoms with Crippen LogP contribution in [0, 0.1) is 11.8 Å². The van der Waals surface area contributed by atoms with Gasteiger partial charge in [0, 0.05) is 18.2 Å². The molecule has 130 valence electrons. The third-order valence-corrected chi connectivity index (χ3v) is 4.59. The summed E-state index contributed by atoms with van der Waals surface area (Å²) in [5.74, 6) is 5.74. The lowest BCUT2D eigenvalue weighted by atomic mass is 10.2. The number of benzene rings is 2. The number of nitrogens with one attached hydrogen (secondary N) is 2. The van der Waals surface area contributed by atoms with E-state index in [0.29, 0.717) is 11.3 Å². The molecule has 0 heterocycles. The molecule has 2 aromatic rings. The Labute approximate surface area is 147 Å². The SMILES string of the molecule is COc1ccccc1S(=O)(=O)NCC#Cc1ccc(NC(C)=O)cc1. The van der Waals surface area contributed by atoms with Crippen LogP contribution in [-0.4, -0.2) is 28.0 Å². The quantitative estimate of drug-likeness (QED) is 0.801. The molecule has 0 atom stereocenters. The summed E-state index contributed by atoms with van der Waals surface area (Å²) in [6.07, 6.45) is 0. The molecular weight excluding hydrogens is 340 g/mol. The number of hydrogen-bond donors (Lipinski definition) is 2. The van der Waals surface area contributed by atoms with Gasteiger partial charge in [-0.1, -0.05) is 24.0 Å². The van der Waals surface area contributed by atoms with Gasteiger partial charge in [0.2, 0.25) is 15.9 Å². The summed E-state index contributed by atoms with van der Waals surface area (Å²) in [6, 6.07) is 13.3. The van der Waals surface area contributed by atoms with Crippen molar-refractivity contribution in [3.63, 3.8) is 0 Å². The molecular formula is C18H18N2O4S. The minimum Gasteiger partial charge on any atom is -0.495 e. The van der Waals surface area contributed by atoms with Gasteiger partial charge in [-0.25, -0.2) is 8.42 Å². The zero-order chi connectivity index (χ0) is 18.3. The Kier molecular flexibility index (Phi) is 6.17. The average molecular weight is 358 g/mol. The molecule has 0 bridgehead atoms. The summed E-state index contributed by atoms with van der Waals surface area (Å²) in [7, 11) is -2.29. The molecule has 0 unspecified atom stereocenters. The Morgan fingerprint density at radius 2 is 1.80 bits per heavy atom. The van der Waals surface area contributed by atoms with Crippen LogP contribution in [0.5, 0.6) is 5.75 Å². The number of carbonyl (C=O) groups is 1. The van der Waals surface area contributed by atoms with Crippen LogP contribution in [0.4, 0.5) is 5.69 Å². The molecule has 0 saturated carbocycles. The van der Waals surface area contributed by atoms with E-state index in [1.54, 1.807) is 42.5 Å². The number of carbonyl (C=O) groups excluding carboxylic acids is 1. The van der Waals surface area contributed by atoms with Gasteiger partial charge in [0.25, 0.3) is 0 Å². The lowest BCUT2D eigenvalue weighted by molar-refractivity contribution is -0.114. The van der Waals surface area contributed by atoms with Crippen LogP contribution in [0.3, 0.4) is 0 Å². The summed E-state index contributed by atoms with van der Waals surface area (Å²) in [5.41, 5.74) is 1.39. The number of para-hydroxylation sites is 1. The largest absolute Gasteiger partial charge is 0.495 e. The zero-order valence-electron chi connectivity index (χ0n) is 13.9. The van der Waals surface area contributed by atoms with Crippen molar-refractivity contribution in [2.75, 3.05) is 19.0 Å². The highest BCUT2D eigenvalue weighted by atomic mass is 32.2. The molecule has 1 amide bonds. The first kappa shape index (κ1) is 18.5. The van der Waals surface area contributed by atoms with E-state index in [0.717, 1.165) is 0 Å². The van der Waals surface area contributed by atoms with Gasteiger partial charge >= 0.3 is 0 Å². The molecule has 0 aromatic heterocycles. The first-order valence-corrected chi connectivity index (χ1v) is 8.90. The fourth-order valence-corrected chi connectivity index (χ4v) is 3.13. The van der Waals surface area contributed by atoms with E-state index in [9.17, 15) is 13.2 Å². The number of sulfonamides is 1. The van der Waals surface area contributed by atoms with E-state index in [1.165, 1.54) is 20.1 Å². The zero-order valence-corrected chi connectivity index (χ0v) is 14.7. The Morgan fingerprint density at radius 1 is 1.12 bits per heavy atom. The Bertz CT molecular complexity index is 910. The Balaban J connectivity index is 2.01. The van der Waals surface area contributed by atoms with E-state index >= 15 is 0 Å². The van der Waals surface area contributed by atoms with Crippen molar-refractivity contribution >= 4 is 21.6 Å². The molecule has 7 heteroatoms. The van der Waals surface area contributed by atoms with Crippen molar-refractivity contribution < 1.29 is 17.9 Å². The van der Waals surface area contributed by atoms with Crippen molar-refractivity contribution in [2.24, 2.45) is 0 Å². The second kappa shape index (κ2) is 8.33. The number of rotatable bonds is 5. The van der Waals surface area contributed by atoms with Gasteiger partial charge in [-0.05, 0) is 36.4 Å². The fourth-order valence-electron chi connectivity index (χ4n) is 2.04. The van der Waals surface area contributed by atoms with Gasteiger partial charge in [0.1, 0.15) is 10.6 Å². The molecule has 0 fully saturated rings. The van der Waals surface area contributed by atoms with E-state index in [2.05, 4.69) is 21.9 Å². The van der Waals surface area contributed by atoms with Crippen LogP contribution >= 0.6 is 0 Å². The standard InChI is InChI=1S/C18H18N2O4S/c1-14(21)20-16-11-9-15(10-12-16)6-5-13-19-25(22,23)18-8-4-3-7-17(18)24-2/h3-4,7-12,19H,13H2,1-2H3,(H,20,21). The van der Waals surface area contributed by atoms with Crippen LogP contribution in [-0.2, 0) is 14.8 Å². The number of amides is 1. The van der Waals surface area contributed by atoms with Crippen LogP contribution < -0.4 is 14.8 Å². The number of ether oxygens (including phenoxy) is 1. The summed E-state index contributed by atoms with van der Waals surface area (Å²) >= 11 is 0. The maximum atomic E-state index is 12.3. The second-order valence-electron chi connectivity index (χ2n) is 5.04. The number of anilines is 1. The third-order valence-electron chi connectivity index (χ3n) is 3.15. The first-order valence-electron chi connectivity index (χ1n) is 7.41. The van der Waals surface area contributed by atoms with Crippen molar-refractivity contribution in [1.82, 2.24) is 4.72 Å². The van der Waals surface area contributed by atoms with Gasteiger partial charge in [-0.15, -0.1) is 0 Å². The highest BCUT2D eigenvalue weighted by molar-refractivity contribution is 7.89. The fraction of sp³-hybridized carbons (Fsp3) is 0.167. The average Bonchev–Trinajstić information content (AvgIpc) is 2.59. The Morgan fingerprint density at radius 3 is 2.44 bits per heavy atom. The predicted molar refractivity (Wildman–Crippen MR) is 95.8 cm³/mol. The van der Waals surface area contributed by atoms with Gasteiger partial charge in [-0.3, -0.25) is 4.79 Å². The highest BCUT2D eigenvalue weighted by Gasteiger charge is 2.17. The second-order valence-corrected chi connectivity index (χ2v) is 6.77. The maximum absolute atomic E-state index is 12.3. The predicted octanol–water partition coefficient (Wildman–Crippen LogP) is 1.98. The highest BCUT2D eigenvalue weighted by Crippen LogP contribution is 2.22. The Hall–Kier alpha value is -2.82. The van der Waals surface area contributed by atoms with Gasteiger partial charge in [0.05, 0.1) is 13.7 Å². The topological polar surface area (TPSA) is 84.5 Å². The molecule has 25 heavy (non-hydrogen) atoms. The molecule has 6 nitrogen and oxygen atoms in total. The van der Waals surface area contributed by atoms with Crippen molar-refractivity contribution in [3.8, 4) is 17.6 Å².